The van der Waals surface area contributed by atoms with Crippen LogP contribution in [0.5, 0.6) is 5.75 Å². The third kappa shape index (κ3) is 4.68. The van der Waals surface area contributed by atoms with Gasteiger partial charge in [0.25, 0.3) is 0 Å². The van der Waals surface area contributed by atoms with E-state index in [0.29, 0.717) is 26.5 Å². The minimum Gasteiger partial charge on any atom is -0.489 e. The van der Waals surface area contributed by atoms with Crippen molar-refractivity contribution in [3.63, 3.8) is 0 Å². The summed E-state index contributed by atoms with van der Waals surface area (Å²) in [6.45, 7) is 0.402. The number of ether oxygens (including phenoxy) is 1. The Balaban J connectivity index is 1.84. The molecule has 0 aliphatic heterocycles. The Morgan fingerprint density at radius 3 is 2.48 bits per heavy atom. The first-order chi connectivity index (χ1) is 10.1. The predicted octanol–water partition coefficient (Wildman–Crippen LogP) is 4.50. The third-order valence-electron chi connectivity index (χ3n) is 2.75. The zero-order valence-corrected chi connectivity index (χ0v) is 13.3. The summed E-state index contributed by atoms with van der Waals surface area (Å²) in [6, 6.07) is 12.4. The highest BCUT2D eigenvalue weighted by atomic mass is 35.5. The second kappa shape index (κ2) is 7.76. The largest absolute Gasteiger partial charge is 0.489 e. The second-order valence-electron chi connectivity index (χ2n) is 4.38. The quantitative estimate of drug-likeness (QED) is 0.809. The highest BCUT2D eigenvalue weighted by Gasteiger charge is 2.09. The monoisotopic (exact) mass is 345 g/mol. The van der Waals surface area contributed by atoms with Gasteiger partial charge in [0.1, 0.15) is 18.5 Å². The predicted molar refractivity (Wildman–Crippen MR) is 87.9 cm³/mol. The molecule has 0 amide bonds. The van der Waals surface area contributed by atoms with E-state index in [0.717, 1.165) is 0 Å². The average Bonchev–Trinajstić information content (AvgIpc) is 2.48. The summed E-state index contributed by atoms with van der Waals surface area (Å²) in [7, 11) is 0. The summed E-state index contributed by atoms with van der Waals surface area (Å²) >= 11 is 17.9. The van der Waals surface area contributed by atoms with Gasteiger partial charge < -0.3 is 15.2 Å². The van der Waals surface area contributed by atoms with E-state index in [1.165, 1.54) is 0 Å². The summed E-state index contributed by atoms with van der Waals surface area (Å²) in [4.78, 5) is 0. The molecular formula is C15H14Cl3NO2. The average molecular weight is 347 g/mol. The maximum Gasteiger partial charge on any atom is 0.138 e. The van der Waals surface area contributed by atoms with Crippen molar-refractivity contribution in [3.05, 3.63) is 57.5 Å². The van der Waals surface area contributed by atoms with Crippen LogP contribution in [0.3, 0.4) is 0 Å². The number of benzene rings is 2. The second-order valence-corrected chi connectivity index (χ2v) is 5.57. The first-order valence-corrected chi connectivity index (χ1v) is 7.44. The van der Waals surface area contributed by atoms with Gasteiger partial charge in [-0.1, -0.05) is 53.0 Å². The van der Waals surface area contributed by atoms with Gasteiger partial charge in [0.05, 0.1) is 20.8 Å². The molecule has 1 unspecified atom stereocenters. The smallest absolute Gasteiger partial charge is 0.138 e. The minimum absolute atomic E-state index is 0.120. The van der Waals surface area contributed by atoms with E-state index in [2.05, 4.69) is 5.32 Å². The molecule has 0 aliphatic rings. The van der Waals surface area contributed by atoms with Gasteiger partial charge in [-0.15, -0.1) is 0 Å². The van der Waals surface area contributed by atoms with Crippen LogP contribution in [0.4, 0.5) is 5.69 Å². The maximum atomic E-state index is 9.92. The van der Waals surface area contributed by atoms with E-state index in [9.17, 15) is 5.11 Å². The molecule has 21 heavy (non-hydrogen) atoms. The van der Waals surface area contributed by atoms with Crippen LogP contribution >= 0.6 is 34.8 Å². The Hall–Kier alpha value is -1.13. The Bertz CT molecular complexity index is 607. The zero-order chi connectivity index (χ0) is 15.2. The van der Waals surface area contributed by atoms with Gasteiger partial charge in [-0.3, -0.25) is 0 Å². The normalized spacial score (nSPS) is 12.0. The molecule has 0 spiro atoms. The van der Waals surface area contributed by atoms with E-state index < -0.39 is 6.10 Å². The molecule has 112 valence electrons. The van der Waals surface area contributed by atoms with Gasteiger partial charge in [0.2, 0.25) is 0 Å². The van der Waals surface area contributed by atoms with Gasteiger partial charge in [0.15, 0.2) is 0 Å². The number of anilines is 1. The molecule has 2 aromatic rings. The number of hydrogen-bond donors (Lipinski definition) is 2. The Labute approximate surface area is 138 Å². The fourth-order valence-corrected chi connectivity index (χ4v) is 2.23. The van der Waals surface area contributed by atoms with E-state index in [1.807, 2.05) is 12.1 Å². The lowest BCUT2D eigenvalue weighted by Gasteiger charge is -2.15. The van der Waals surface area contributed by atoms with Crippen molar-refractivity contribution < 1.29 is 9.84 Å². The lowest BCUT2D eigenvalue weighted by atomic mass is 10.3. The highest BCUT2D eigenvalue weighted by molar-refractivity contribution is 6.43. The molecule has 0 saturated heterocycles. The fourth-order valence-electron chi connectivity index (χ4n) is 1.67. The summed E-state index contributed by atoms with van der Waals surface area (Å²) in [5.74, 6) is 0.541. The highest BCUT2D eigenvalue weighted by Crippen LogP contribution is 2.29. The SMILES string of the molecule is OC(CNc1cccc(Cl)c1Cl)COc1ccccc1Cl. The van der Waals surface area contributed by atoms with Crippen LogP contribution in [0, 0.1) is 0 Å². The number of aliphatic hydroxyl groups is 1. The van der Waals surface area contributed by atoms with Crippen molar-refractivity contribution in [2.75, 3.05) is 18.5 Å². The Morgan fingerprint density at radius 1 is 1.00 bits per heavy atom. The van der Waals surface area contributed by atoms with Gasteiger partial charge in [0, 0.05) is 6.54 Å². The number of aliphatic hydroxyl groups excluding tert-OH is 1. The first-order valence-electron chi connectivity index (χ1n) is 6.31. The van der Waals surface area contributed by atoms with Crippen LogP contribution in [-0.2, 0) is 0 Å². The molecule has 3 nitrogen and oxygen atoms in total. The number of halogens is 3. The molecule has 6 heteroatoms. The van der Waals surface area contributed by atoms with Gasteiger partial charge >= 0.3 is 0 Å². The van der Waals surface area contributed by atoms with Crippen molar-refractivity contribution >= 4 is 40.5 Å². The van der Waals surface area contributed by atoms with Crippen LogP contribution < -0.4 is 10.1 Å². The lowest BCUT2D eigenvalue weighted by molar-refractivity contribution is 0.117. The standard InChI is InChI=1S/C15H14Cl3NO2/c16-11-4-1-2-7-14(11)21-9-10(20)8-19-13-6-3-5-12(17)15(13)18/h1-7,10,19-20H,8-9H2. The van der Waals surface area contributed by atoms with E-state index in [4.69, 9.17) is 39.5 Å². The molecule has 0 radical (unpaired) electrons. The van der Waals surface area contributed by atoms with Crippen LogP contribution in [0.2, 0.25) is 15.1 Å². The summed E-state index contributed by atoms with van der Waals surface area (Å²) < 4.78 is 5.46. The van der Waals surface area contributed by atoms with Gasteiger partial charge in [-0.25, -0.2) is 0 Å². The fraction of sp³-hybridized carbons (Fsp3) is 0.200. The Morgan fingerprint density at radius 2 is 1.71 bits per heavy atom. The van der Waals surface area contributed by atoms with E-state index >= 15 is 0 Å². The van der Waals surface area contributed by atoms with Crippen LogP contribution in [0.15, 0.2) is 42.5 Å². The molecule has 2 rings (SSSR count). The number of hydrogen-bond acceptors (Lipinski definition) is 3. The maximum absolute atomic E-state index is 9.92. The third-order valence-corrected chi connectivity index (χ3v) is 3.88. The molecule has 2 N–H and O–H groups in total. The zero-order valence-electron chi connectivity index (χ0n) is 11.0. The number of rotatable bonds is 6. The van der Waals surface area contributed by atoms with Crippen molar-refractivity contribution in [2.24, 2.45) is 0 Å². The van der Waals surface area contributed by atoms with Crippen LogP contribution in [0.1, 0.15) is 0 Å². The van der Waals surface area contributed by atoms with Crippen molar-refractivity contribution in [2.45, 2.75) is 6.10 Å². The molecule has 0 aromatic heterocycles. The topological polar surface area (TPSA) is 41.5 Å². The van der Waals surface area contributed by atoms with E-state index in [1.54, 1.807) is 30.3 Å². The van der Waals surface area contributed by atoms with Gasteiger partial charge in [-0.05, 0) is 24.3 Å². The summed E-state index contributed by atoms with van der Waals surface area (Å²) in [6.07, 6.45) is -0.712. The number of nitrogens with one attached hydrogen (secondary N) is 1. The summed E-state index contributed by atoms with van der Waals surface area (Å²) in [5, 5.41) is 14.3. The van der Waals surface area contributed by atoms with E-state index in [-0.39, 0.29) is 13.2 Å². The first kappa shape index (κ1) is 16.2. The molecule has 0 aliphatic carbocycles. The van der Waals surface area contributed by atoms with Crippen LogP contribution in [0.25, 0.3) is 0 Å². The molecule has 0 heterocycles. The molecule has 0 bridgehead atoms. The Kier molecular flexibility index (Phi) is 6.00. The molecular weight excluding hydrogens is 333 g/mol. The molecule has 2 aromatic carbocycles. The molecule has 1 atom stereocenters. The lowest BCUT2D eigenvalue weighted by Crippen LogP contribution is -2.26. The van der Waals surface area contributed by atoms with Crippen molar-refractivity contribution in [3.8, 4) is 5.75 Å². The molecule has 0 saturated carbocycles. The van der Waals surface area contributed by atoms with Gasteiger partial charge in [-0.2, -0.15) is 0 Å². The van der Waals surface area contributed by atoms with Crippen molar-refractivity contribution in [1.29, 1.82) is 0 Å². The number of para-hydroxylation sites is 1. The van der Waals surface area contributed by atoms with Crippen LogP contribution in [-0.4, -0.2) is 24.4 Å². The minimum atomic E-state index is -0.712. The molecule has 0 fully saturated rings. The summed E-state index contributed by atoms with van der Waals surface area (Å²) in [5.41, 5.74) is 0.668. The van der Waals surface area contributed by atoms with Crippen molar-refractivity contribution in [1.82, 2.24) is 0 Å².